The van der Waals surface area contributed by atoms with Gasteiger partial charge in [-0.1, -0.05) is 48.3 Å². The molecule has 6 nitrogen and oxygen atoms in total. The minimum atomic E-state index is -0.813. The van der Waals surface area contributed by atoms with E-state index in [2.05, 4.69) is 15.8 Å². The molecule has 0 aliphatic heterocycles. The van der Waals surface area contributed by atoms with Crippen LogP contribution >= 0.6 is 23.2 Å². The summed E-state index contributed by atoms with van der Waals surface area (Å²) in [6, 6.07) is 12.4. The summed E-state index contributed by atoms with van der Waals surface area (Å²) >= 11 is 11.9. The summed E-state index contributed by atoms with van der Waals surface area (Å²) in [6.45, 7) is 2.66. The first kappa shape index (κ1) is 20.7. The number of ether oxygens (including phenoxy) is 1. The highest BCUT2D eigenvalue weighted by molar-refractivity contribution is 6.42. The van der Waals surface area contributed by atoms with E-state index in [1.165, 1.54) is 6.21 Å². The Kier molecular flexibility index (Phi) is 8.10. The molecular formula is C19H19Cl2N3O3. The number of halogens is 2. The zero-order valence-electron chi connectivity index (χ0n) is 14.7. The molecule has 0 fully saturated rings. The van der Waals surface area contributed by atoms with Gasteiger partial charge in [0.05, 0.1) is 16.3 Å². The average Bonchev–Trinajstić information content (AvgIpc) is 2.67. The number of hydrazone groups is 1. The van der Waals surface area contributed by atoms with Gasteiger partial charge >= 0.3 is 11.8 Å². The van der Waals surface area contributed by atoms with E-state index in [9.17, 15) is 9.59 Å². The predicted octanol–water partition coefficient (Wildman–Crippen LogP) is 3.55. The lowest BCUT2D eigenvalue weighted by Crippen LogP contribution is -2.38. The Balaban J connectivity index is 1.89. The van der Waals surface area contributed by atoms with Gasteiger partial charge in [0.25, 0.3) is 0 Å². The number of nitrogens with one attached hydrogen (secondary N) is 2. The van der Waals surface area contributed by atoms with Crippen molar-refractivity contribution in [3.63, 3.8) is 0 Å². The molecule has 0 bridgehead atoms. The van der Waals surface area contributed by atoms with Crippen molar-refractivity contribution in [2.45, 2.75) is 20.0 Å². The molecule has 0 aliphatic carbocycles. The van der Waals surface area contributed by atoms with Gasteiger partial charge in [-0.3, -0.25) is 9.59 Å². The maximum Gasteiger partial charge on any atom is 0.329 e. The zero-order chi connectivity index (χ0) is 19.6. The van der Waals surface area contributed by atoms with E-state index >= 15 is 0 Å². The van der Waals surface area contributed by atoms with Crippen molar-refractivity contribution in [3.8, 4) is 5.75 Å². The Hall–Kier alpha value is -2.57. The van der Waals surface area contributed by atoms with Crippen LogP contribution in [0.1, 0.15) is 24.5 Å². The molecule has 0 radical (unpaired) electrons. The number of amides is 2. The van der Waals surface area contributed by atoms with Crippen molar-refractivity contribution in [2.24, 2.45) is 5.10 Å². The van der Waals surface area contributed by atoms with Crippen molar-refractivity contribution in [1.82, 2.24) is 10.7 Å². The lowest BCUT2D eigenvalue weighted by molar-refractivity contribution is -0.139. The van der Waals surface area contributed by atoms with E-state index in [0.717, 1.165) is 12.0 Å². The number of nitrogens with zero attached hydrogens (tertiary/aromatic N) is 1. The topological polar surface area (TPSA) is 79.8 Å². The molecule has 0 atom stereocenters. The van der Waals surface area contributed by atoms with Gasteiger partial charge in [-0.2, -0.15) is 5.10 Å². The van der Waals surface area contributed by atoms with Crippen LogP contribution < -0.4 is 15.5 Å². The number of hydrogen-bond acceptors (Lipinski definition) is 4. The van der Waals surface area contributed by atoms with Gasteiger partial charge in [-0.05, 0) is 41.8 Å². The number of carbonyl (C=O) groups excluding carboxylic acids is 2. The van der Waals surface area contributed by atoms with Crippen molar-refractivity contribution < 1.29 is 14.3 Å². The first-order valence-electron chi connectivity index (χ1n) is 8.27. The van der Waals surface area contributed by atoms with E-state index in [-0.39, 0.29) is 0 Å². The fourth-order valence-corrected chi connectivity index (χ4v) is 2.34. The van der Waals surface area contributed by atoms with Crippen LogP contribution in [0.3, 0.4) is 0 Å². The molecule has 0 saturated heterocycles. The molecule has 2 N–H and O–H groups in total. The maximum absolute atomic E-state index is 11.5. The molecule has 2 aromatic rings. The lowest BCUT2D eigenvalue weighted by atomic mass is 10.2. The minimum absolute atomic E-state index is 0.325. The molecule has 27 heavy (non-hydrogen) atoms. The molecule has 0 unspecified atom stereocenters. The third-order valence-electron chi connectivity index (χ3n) is 3.37. The third-order valence-corrected chi connectivity index (χ3v) is 4.11. The fraction of sp³-hybridized carbons (Fsp3) is 0.211. The van der Waals surface area contributed by atoms with Crippen LogP contribution in [0.25, 0.3) is 0 Å². The highest BCUT2D eigenvalue weighted by atomic mass is 35.5. The third kappa shape index (κ3) is 6.92. The summed E-state index contributed by atoms with van der Waals surface area (Å²) in [6.07, 6.45) is 2.17. The van der Waals surface area contributed by atoms with E-state index in [4.69, 9.17) is 27.9 Å². The second kappa shape index (κ2) is 10.5. The molecule has 2 amide bonds. The first-order valence-corrected chi connectivity index (χ1v) is 9.03. The Bertz CT molecular complexity index is 841. The van der Waals surface area contributed by atoms with Gasteiger partial charge in [0.2, 0.25) is 0 Å². The van der Waals surface area contributed by atoms with Gasteiger partial charge in [-0.15, -0.1) is 0 Å². The van der Waals surface area contributed by atoms with Crippen LogP contribution in [-0.4, -0.2) is 24.6 Å². The van der Waals surface area contributed by atoms with Gasteiger partial charge in [0, 0.05) is 6.54 Å². The Morgan fingerprint density at radius 1 is 1.11 bits per heavy atom. The van der Waals surface area contributed by atoms with E-state index in [1.54, 1.807) is 36.4 Å². The monoisotopic (exact) mass is 407 g/mol. The van der Waals surface area contributed by atoms with Crippen molar-refractivity contribution in [1.29, 1.82) is 0 Å². The highest BCUT2D eigenvalue weighted by Gasteiger charge is 2.10. The predicted molar refractivity (Wildman–Crippen MR) is 106 cm³/mol. The summed E-state index contributed by atoms with van der Waals surface area (Å²) in [7, 11) is 0. The van der Waals surface area contributed by atoms with E-state index in [1.807, 2.05) is 13.0 Å². The van der Waals surface area contributed by atoms with Crippen LogP contribution in [0.5, 0.6) is 5.75 Å². The Morgan fingerprint density at radius 2 is 1.93 bits per heavy atom. The summed E-state index contributed by atoms with van der Waals surface area (Å²) in [4.78, 5) is 23.0. The van der Waals surface area contributed by atoms with Gasteiger partial charge in [0.15, 0.2) is 0 Å². The Labute approximate surface area is 167 Å². The molecule has 2 rings (SSSR count). The second-order valence-electron chi connectivity index (χ2n) is 5.56. The van der Waals surface area contributed by atoms with Gasteiger partial charge in [-0.25, -0.2) is 5.43 Å². The molecule has 0 spiro atoms. The standard InChI is InChI=1S/C19H19Cl2N3O3/c1-2-8-22-18(25)19(26)24-23-11-13-4-3-5-15(9-13)27-12-14-6-7-16(20)17(21)10-14/h3-7,9-11H,2,8,12H2,1H3,(H,22,25)(H,24,26)/b23-11-. The maximum atomic E-state index is 11.5. The van der Waals surface area contributed by atoms with Gasteiger partial charge < -0.3 is 10.1 Å². The quantitative estimate of drug-likeness (QED) is 0.418. The van der Waals surface area contributed by atoms with Crippen LogP contribution in [0, 0.1) is 0 Å². The largest absolute Gasteiger partial charge is 0.489 e. The Morgan fingerprint density at radius 3 is 2.67 bits per heavy atom. The van der Waals surface area contributed by atoms with Crippen molar-refractivity contribution >= 4 is 41.2 Å². The molecule has 0 heterocycles. The lowest BCUT2D eigenvalue weighted by Gasteiger charge is -2.08. The molecule has 142 valence electrons. The van der Waals surface area contributed by atoms with Gasteiger partial charge in [0.1, 0.15) is 12.4 Å². The van der Waals surface area contributed by atoms with E-state index in [0.29, 0.717) is 34.5 Å². The van der Waals surface area contributed by atoms with Crippen LogP contribution in [-0.2, 0) is 16.2 Å². The van der Waals surface area contributed by atoms with Crippen LogP contribution in [0.2, 0.25) is 10.0 Å². The number of benzene rings is 2. The van der Waals surface area contributed by atoms with E-state index < -0.39 is 11.8 Å². The van der Waals surface area contributed by atoms with Crippen molar-refractivity contribution in [2.75, 3.05) is 6.54 Å². The number of hydrogen-bond donors (Lipinski definition) is 2. The molecule has 0 aromatic heterocycles. The SMILES string of the molecule is CCCNC(=O)C(=O)N/N=C\c1cccc(OCc2ccc(Cl)c(Cl)c2)c1. The normalized spacial score (nSPS) is 10.6. The summed E-state index contributed by atoms with van der Waals surface area (Å²) in [5.41, 5.74) is 3.77. The molecular weight excluding hydrogens is 389 g/mol. The zero-order valence-corrected chi connectivity index (χ0v) is 16.2. The second-order valence-corrected chi connectivity index (χ2v) is 6.38. The summed E-state index contributed by atoms with van der Waals surface area (Å²) in [5.74, 6) is -0.906. The highest BCUT2D eigenvalue weighted by Crippen LogP contribution is 2.23. The summed E-state index contributed by atoms with van der Waals surface area (Å²) in [5, 5.41) is 7.21. The molecule has 0 saturated carbocycles. The fourth-order valence-electron chi connectivity index (χ4n) is 2.02. The van der Waals surface area contributed by atoms with Crippen LogP contribution in [0.4, 0.5) is 0 Å². The number of rotatable bonds is 7. The van der Waals surface area contributed by atoms with Crippen LogP contribution in [0.15, 0.2) is 47.6 Å². The first-order chi connectivity index (χ1) is 13.0. The molecule has 2 aromatic carbocycles. The molecule has 0 aliphatic rings. The smallest absolute Gasteiger partial charge is 0.329 e. The minimum Gasteiger partial charge on any atom is -0.489 e. The summed E-state index contributed by atoms with van der Waals surface area (Å²) < 4.78 is 5.72. The number of carbonyl (C=O) groups is 2. The average molecular weight is 408 g/mol. The van der Waals surface area contributed by atoms with Crippen molar-refractivity contribution in [3.05, 3.63) is 63.6 Å². The molecule has 8 heteroatoms.